The molecule has 1 heterocycles. The third-order valence-corrected chi connectivity index (χ3v) is 3.27. The van der Waals surface area contributed by atoms with E-state index in [9.17, 15) is 23.2 Å². The lowest BCUT2D eigenvalue weighted by molar-refractivity contribution is 0.0826. The number of halogens is 2. The maximum atomic E-state index is 13.7. The summed E-state index contributed by atoms with van der Waals surface area (Å²) in [7, 11) is 4.45. The molecule has 2 rings (SSSR count). The Morgan fingerprint density at radius 2 is 1.75 bits per heavy atom. The van der Waals surface area contributed by atoms with Crippen LogP contribution in [0.5, 0.6) is 0 Å². The molecule has 1 aromatic carbocycles. The Kier molecular flexibility index (Phi) is 4.77. The number of carbonyl (C=O) groups excluding carboxylic acids is 2. The van der Waals surface area contributed by atoms with Gasteiger partial charge in [0.15, 0.2) is 0 Å². The summed E-state index contributed by atoms with van der Waals surface area (Å²) in [6.45, 7) is 0. The molecule has 126 valence electrons. The molecule has 0 fully saturated rings. The fourth-order valence-corrected chi connectivity index (χ4v) is 2.08. The molecule has 0 saturated carbocycles. The average Bonchev–Trinajstić information content (AvgIpc) is 2.50. The molecule has 0 aliphatic heterocycles. The zero-order valence-electron chi connectivity index (χ0n) is 13.3. The van der Waals surface area contributed by atoms with Crippen molar-refractivity contribution in [3.05, 3.63) is 63.6 Å². The van der Waals surface area contributed by atoms with Crippen molar-refractivity contribution in [3.8, 4) is 0 Å². The standard InChI is InChI=1S/C16H15F2N3O3/c1-20(2)15(23)9-7-12(16(24)21(3)8-9)19-14(22)13-10(17)5-4-6-11(13)18/h4-8H,1-3H3,(H,19,22). The lowest BCUT2D eigenvalue weighted by Crippen LogP contribution is -2.28. The second-order valence-electron chi connectivity index (χ2n) is 5.31. The zero-order chi connectivity index (χ0) is 18.0. The normalized spacial score (nSPS) is 10.4. The lowest BCUT2D eigenvalue weighted by atomic mass is 10.1. The summed E-state index contributed by atoms with van der Waals surface area (Å²) in [5.74, 6) is -3.61. The summed E-state index contributed by atoms with van der Waals surface area (Å²) < 4.78 is 28.4. The highest BCUT2D eigenvalue weighted by Crippen LogP contribution is 2.15. The van der Waals surface area contributed by atoms with E-state index in [1.807, 2.05) is 0 Å². The van der Waals surface area contributed by atoms with Gasteiger partial charge in [0, 0.05) is 27.3 Å². The minimum atomic E-state index is -1.11. The van der Waals surface area contributed by atoms with Gasteiger partial charge in [0.1, 0.15) is 22.9 Å². The molecule has 0 spiro atoms. The van der Waals surface area contributed by atoms with E-state index < -0.39 is 34.6 Å². The summed E-state index contributed by atoms with van der Waals surface area (Å²) in [6, 6.07) is 4.16. The highest BCUT2D eigenvalue weighted by Gasteiger charge is 2.20. The molecule has 0 saturated heterocycles. The van der Waals surface area contributed by atoms with Crippen LogP contribution in [0.25, 0.3) is 0 Å². The van der Waals surface area contributed by atoms with Crippen molar-refractivity contribution >= 4 is 17.5 Å². The van der Waals surface area contributed by atoms with E-state index in [-0.39, 0.29) is 11.3 Å². The van der Waals surface area contributed by atoms with Crippen LogP contribution in [0.3, 0.4) is 0 Å². The van der Waals surface area contributed by atoms with Gasteiger partial charge in [0.05, 0.1) is 5.56 Å². The maximum absolute atomic E-state index is 13.7. The third kappa shape index (κ3) is 3.32. The van der Waals surface area contributed by atoms with Gasteiger partial charge in [0.2, 0.25) is 0 Å². The van der Waals surface area contributed by atoms with Gasteiger partial charge < -0.3 is 14.8 Å². The van der Waals surface area contributed by atoms with Crippen LogP contribution in [0, 0.1) is 11.6 Å². The van der Waals surface area contributed by atoms with E-state index >= 15 is 0 Å². The number of anilines is 1. The summed E-state index contributed by atoms with van der Waals surface area (Å²) in [5.41, 5.74) is -1.52. The van der Waals surface area contributed by atoms with Gasteiger partial charge in [-0.1, -0.05) is 6.07 Å². The van der Waals surface area contributed by atoms with E-state index in [0.717, 1.165) is 22.8 Å². The highest BCUT2D eigenvalue weighted by atomic mass is 19.1. The van der Waals surface area contributed by atoms with E-state index in [4.69, 9.17) is 0 Å². The van der Waals surface area contributed by atoms with Crippen LogP contribution in [0.2, 0.25) is 0 Å². The average molecular weight is 335 g/mol. The van der Waals surface area contributed by atoms with Crippen LogP contribution >= 0.6 is 0 Å². The van der Waals surface area contributed by atoms with Crippen LogP contribution in [0.4, 0.5) is 14.5 Å². The predicted molar refractivity (Wildman–Crippen MR) is 84.0 cm³/mol. The Morgan fingerprint density at radius 1 is 1.17 bits per heavy atom. The Bertz CT molecular complexity index is 855. The van der Waals surface area contributed by atoms with E-state index in [0.29, 0.717) is 0 Å². The van der Waals surface area contributed by atoms with Crippen LogP contribution in [-0.4, -0.2) is 35.4 Å². The molecule has 2 amide bonds. The van der Waals surface area contributed by atoms with Crippen molar-refractivity contribution in [1.82, 2.24) is 9.47 Å². The number of nitrogens with one attached hydrogen (secondary N) is 1. The fourth-order valence-electron chi connectivity index (χ4n) is 2.08. The molecule has 1 aromatic heterocycles. The molecule has 0 aliphatic carbocycles. The maximum Gasteiger partial charge on any atom is 0.274 e. The summed E-state index contributed by atoms with van der Waals surface area (Å²) in [6.07, 6.45) is 1.31. The van der Waals surface area contributed by atoms with Gasteiger partial charge in [-0.3, -0.25) is 14.4 Å². The third-order valence-electron chi connectivity index (χ3n) is 3.27. The first kappa shape index (κ1) is 17.3. The number of pyridine rings is 1. The number of hydrogen-bond donors (Lipinski definition) is 1. The van der Waals surface area contributed by atoms with Crippen LogP contribution in [-0.2, 0) is 7.05 Å². The first-order valence-electron chi connectivity index (χ1n) is 6.90. The first-order valence-corrected chi connectivity index (χ1v) is 6.90. The van der Waals surface area contributed by atoms with Gasteiger partial charge in [0.25, 0.3) is 17.4 Å². The van der Waals surface area contributed by atoms with Crippen molar-refractivity contribution < 1.29 is 18.4 Å². The molecule has 0 unspecified atom stereocenters. The Labute approximate surface area is 136 Å². The number of aromatic nitrogens is 1. The van der Waals surface area contributed by atoms with Crippen molar-refractivity contribution in [3.63, 3.8) is 0 Å². The number of aryl methyl sites for hydroxylation is 1. The monoisotopic (exact) mass is 335 g/mol. The first-order chi connectivity index (χ1) is 11.2. The minimum Gasteiger partial charge on any atom is -0.345 e. The second-order valence-corrected chi connectivity index (χ2v) is 5.31. The highest BCUT2D eigenvalue weighted by molar-refractivity contribution is 6.05. The minimum absolute atomic E-state index is 0.145. The molecule has 0 bridgehead atoms. The fraction of sp³-hybridized carbons (Fsp3) is 0.188. The Morgan fingerprint density at radius 3 is 2.29 bits per heavy atom. The molecule has 1 N–H and O–H groups in total. The van der Waals surface area contributed by atoms with Gasteiger partial charge in [-0.15, -0.1) is 0 Å². The van der Waals surface area contributed by atoms with E-state index in [1.165, 1.54) is 38.3 Å². The molecular weight excluding hydrogens is 320 g/mol. The molecule has 0 atom stereocenters. The summed E-state index contributed by atoms with van der Waals surface area (Å²) in [4.78, 5) is 37.5. The van der Waals surface area contributed by atoms with Crippen molar-refractivity contribution in [2.24, 2.45) is 7.05 Å². The van der Waals surface area contributed by atoms with E-state index in [2.05, 4.69) is 5.32 Å². The topological polar surface area (TPSA) is 71.4 Å². The Hall–Kier alpha value is -3.03. The molecule has 6 nitrogen and oxygen atoms in total. The lowest BCUT2D eigenvalue weighted by Gasteiger charge is -2.13. The number of rotatable bonds is 3. The van der Waals surface area contributed by atoms with Crippen molar-refractivity contribution in [1.29, 1.82) is 0 Å². The number of nitrogens with zero attached hydrogens (tertiary/aromatic N) is 2. The largest absolute Gasteiger partial charge is 0.345 e. The van der Waals surface area contributed by atoms with Gasteiger partial charge >= 0.3 is 0 Å². The van der Waals surface area contributed by atoms with Crippen molar-refractivity contribution in [2.75, 3.05) is 19.4 Å². The van der Waals surface area contributed by atoms with Crippen LogP contribution < -0.4 is 10.9 Å². The zero-order valence-corrected chi connectivity index (χ0v) is 13.3. The summed E-state index contributed by atoms with van der Waals surface area (Å²) >= 11 is 0. The van der Waals surface area contributed by atoms with Gasteiger partial charge in [-0.25, -0.2) is 8.78 Å². The molecule has 8 heteroatoms. The number of amides is 2. The van der Waals surface area contributed by atoms with E-state index in [1.54, 1.807) is 0 Å². The SMILES string of the molecule is CN(C)C(=O)c1cc(NC(=O)c2c(F)cccc2F)c(=O)n(C)c1. The number of carbonyl (C=O) groups is 2. The molecule has 0 aliphatic rings. The number of hydrogen-bond acceptors (Lipinski definition) is 3. The van der Waals surface area contributed by atoms with Crippen molar-refractivity contribution in [2.45, 2.75) is 0 Å². The Balaban J connectivity index is 2.44. The quantitative estimate of drug-likeness (QED) is 0.926. The molecule has 0 radical (unpaired) electrons. The molecular formula is C16H15F2N3O3. The summed E-state index contributed by atoms with van der Waals surface area (Å²) in [5, 5.41) is 2.16. The number of benzene rings is 1. The van der Waals surface area contributed by atoms with Gasteiger partial charge in [-0.2, -0.15) is 0 Å². The van der Waals surface area contributed by atoms with Crippen LogP contribution in [0.15, 0.2) is 35.3 Å². The second kappa shape index (κ2) is 6.61. The molecule has 2 aromatic rings. The molecule has 24 heavy (non-hydrogen) atoms. The predicted octanol–water partition coefficient (Wildman–Crippen LogP) is 1.62. The van der Waals surface area contributed by atoms with Gasteiger partial charge in [-0.05, 0) is 18.2 Å². The van der Waals surface area contributed by atoms with Crippen LogP contribution in [0.1, 0.15) is 20.7 Å². The smallest absolute Gasteiger partial charge is 0.274 e.